The summed E-state index contributed by atoms with van der Waals surface area (Å²) in [6, 6.07) is 0. The van der Waals surface area contributed by atoms with Gasteiger partial charge in [-0.15, -0.1) is 4.28 Å². The van der Waals surface area contributed by atoms with Gasteiger partial charge in [-0.25, -0.2) is 4.28 Å². The van der Waals surface area contributed by atoms with Gasteiger partial charge >= 0.3 is 10.4 Å². The van der Waals surface area contributed by atoms with Gasteiger partial charge in [-0.05, 0) is 26.2 Å². The second-order valence-electron chi connectivity index (χ2n) is 2.93. The van der Waals surface area contributed by atoms with Crippen LogP contribution in [-0.2, 0) is 19.0 Å². The first-order valence-electron chi connectivity index (χ1n) is 3.76. The van der Waals surface area contributed by atoms with Gasteiger partial charge < -0.3 is 5.73 Å². The molecule has 0 saturated carbocycles. The predicted molar refractivity (Wildman–Crippen MR) is 47.7 cm³/mol. The number of hydrogen-bond donors (Lipinski definition) is 1. The standard InChI is InChI=1S/C5H12N4O4S/c1-4(8(2)3)9-5(6)7-12-14(10,11)13-9/h4H,1-3H3,(H2,6,7). The fourth-order valence-corrected chi connectivity index (χ4v) is 1.33. The molecule has 9 heteroatoms. The van der Waals surface area contributed by atoms with Crippen LogP contribution < -0.4 is 5.73 Å². The topological polar surface area (TPSA) is 97.5 Å². The maximum absolute atomic E-state index is 10.9. The minimum absolute atomic E-state index is 0.152. The van der Waals surface area contributed by atoms with Crippen molar-refractivity contribution in [3.8, 4) is 0 Å². The van der Waals surface area contributed by atoms with E-state index in [0.717, 1.165) is 5.06 Å². The van der Waals surface area contributed by atoms with Crippen molar-refractivity contribution in [2.45, 2.75) is 13.1 Å². The zero-order chi connectivity index (χ0) is 10.9. The van der Waals surface area contributed by atoms with Gasteiger partial charge in [0.25, 0.3) is 5.96 Å². The molecule has 2 N–H and O–H groups in total. The van der Waals surface area contributed by atoms with Gasteiger partial charge in [0, 0.05) is 0 Å². The lowest BCUT2D eigenvalue weighted by molar-refractivity contribution is -0.0825. The van der Waals surface area contributed by atoms with Crippen LogP contribution in [0.25, 0.3) is 0 Å². The fraction of sp³-hybridized carbons (Fsp3) is 0.800. The van der Waals surface area contributed by atoms with E-state index in [4.69, 9.17) is 5.73 Å². The van der Waals surface area contributed by atoms with Crippen LogP contribution in [0.3, 0.4) is 0 Å². The lowest BCUT2D eigenvalue weighted by atomic mass is 10.5. The summed E-state index contributed by atoms with van der Waals surface area (Å²) >= 11 is 0. The lowest BCUT2D eigenvalue weighted by Crippen LogP contribution is -2.52. The van der Waals surface area contributed by atoms with Crippen molar-refractivity contribution in [2.75, 3.05) is 14.1 Å². The van der Waals surface area contributed by atoms with Crippen molar-refractivity contribution >= 4 is 16.4 Å². The van der Waals surface area contributed by atoms with Crippen LogP contribution in [0.15, 0.2) is 5.16 Å². The Morgan fingerprint density at radius 2 is 2.14 bits per heavy atom. The molecule has 0 fully saturated rings. The van der Waals surface area contributed by atoms with Gasteiger partial charge in [0.05, 0.1) is 0 Å². The molecular formula is C5H12N4O4S. The quantitative estimate of drug-likeness (QED) is 0.618. The molecule has 0 aromatic rings. The Bertz CT molecular complexity index is 338. The summed E-state index contributed by atoms with van der Waals surface area (Å²) in [5.74, 6) is -0.152. The van der Waals surface area contributed by atoms with Gasteiger partial charge in [-0.3, -0.25) is 4.90 Å². The molecule has 1 heterocycles. The maximum atomic E-state index is 10.9. The summed E-state index contributed by atoms with van der Waals surface area (Å²) in [6.07, 6.45) is -0.377. The number of oxime groups is 1. The molecule has 82 valence electrons. The van der Waals surface area contributed by atoms with E-state index in [-0.39, 0.29) is 12.1 Å². The Labute approximate surface area is 82.1 Å². The molecule has 0 aromatic heterocycles. The maximum Gasteiger partial charge on any atom is 0.491 e. The minimum Gasteiger partial charge on any atom is -0.365 e. The Morgan fingerprint density at radius 3 is 2.64 bits per heavy atom. The molecule has 0 aromatic carbocycles. The number of hydrogen-bond acceptors (Lipinski definition) is 8. The van der Waals surface area contributed by atoms with Crippen LogP contribution in [0.5, 0.6) is 0 Å². The third-order valence-electron chi connectivity index (χ3n) is 1.71. The van der Waals surface area contributed by atoms with Gasteiger partial charge in [-0.2, -0.15) is 13.5 Å². The van der Waals surface area contributed by atoms with E-state index in [1.807, 2.05) is 0 Å². The number of guanidine groups is 1. The van der Waals surface area contributed by atoms with Crippen LogP contribution in [0.1, 0.15) is 6.92 Å². The van der Waals surface area contributed by atoms with Crippen LogP contribution in [0.2, 0.25) is 0 Å². The Hall–Kier alpha value is -1.06. The van der Waals surface area contributed by atoms with Crippen molar-refractivity contribution in [1.82, 2.24) is 9.96 Å². The van der Waals surface area contributed by atoms with E-state index in [1.165, 1.54) is 0 Å². The summed E-state index contributed by atoms with van der Waals surface area (Å²) in [6.45, 7) is 1.70. The normalized spacial score (nSPS) is 22.9. The van der Waals surface area contributed by atoms with Gasteiger partial charge in [-0.1, -0.05) is 0 Å². The molecule has 1 unspecified atom stereocenters. The fourth-order valence-electron chi connectivity index (χ4n) is 0.738. The summed E-state index contributed by atoms with van der Waals surface area (Å²) in [5.41, 5.74) is 5.37. The number of nitrogens with two attached hydrogens (primary N) is 1. The van der Waals surface area contributed by atoms with E-state index in [9.17, 15) is 8.42 Å². The Morgan fingerprint density at radius 1 is 1.57 bits per heavy atom. The van der Waals surface area contributed by atoms with Crippen LogP contribution in [-0.4, -0.2) is 44.6 Å². The molecule has 1 rings (SSSR count). The van der Waals surface area contributed by atoms with Crippen molar-refractivity contribution in [1.29, 1.82) is 0 Å². The molecule has 1 atom stereocenters. The molecule has 0 saturated heterocycles. The monoisotopic (exact) mass is 224 g/mol. The van der Waals surface area contributed by atoms with E-state index >= 15 is 0 Å². The number of rotatable bonds is 2. The van der Waals surface area contributed by atoms with E-state index < -0.39 is 10.4 Å². The Kier molecular flexibility index (Phi) is 2.83. The molecule has 1 aliphatic rings. The van der Waals surface area contributed by atoms with E-state index in [2.05, 4.69) is 13.7 Å². The van der Waals surface area contributed by atoms with Crippen molar-refractivity contribution in [3.05, 3.63) is 0 Å². The van der Waals surface area contributed by atoms with Gasteiger partial charge in [0.15, 0.2) is 0 Å². The molecule has 0 aliphatic carbocycles. The minimum atomic E-state index is -4.11. The average Bonchev–Trinajstić information content (AvgIpc) is 2.08. The number of hydroxylamine groups is 2. The molecule has 1 aliphatic heterocycles. The first-order valence-corrected chi connectivity index (χ1v) is 5.09. The molecule has 0 bridgehead atoms. The van der Waals surface area contributed by atoms with E-state index in [0.29, 0.717) is 0 Å². The van der Waals surface area contributed by atoms with Crippen molar-refractivity contribution in [2.24, 2.45) is 10.9 Å². The second-order valence-corrected chi connectivity index (χ2v) is 4.04. The molecular weight excluding hydrogens is 212 g/mol. The van der Waals surface area contributed by atoms with Crippen molar-refractivity contribution in [3.63, 3.8) is 0 Å². The smallest absolute Gasteiger partial charge is 0.365 e. The molecule has 14 heavy (non-hydrogen) atoms. The van der Waals surface area contributed by atoms with Crippen LogP contribution in [0.4, 0.5) is 0 Å². The summed E-state index contributed by atoms with van der Waals surface area (Å²) in [7, 11) is -0.633. The highest BCUT2D eigenvalue weighted by molar-refractivity contribution is 7.81. The van der Waals surface area contributed by atoms with Crippen molar-refractivity contribution < 1.29 is 17.0 Å². The zero-order valence-corrected chi connectivity index (χ0v) is 8.85. The van der Waals surface area contributed by atoms with Gasteiger partial charge in [0.1, 0.15) is 6.17 Å². The summed E-state index contributed by atoms with van der Waals surface area (Å²) < 4.78 is 30.2. The number of nitrogens with zero attached hydrogens (tertiary/aromatic N) is 3. The predicted octanol–water partition coefficient (Wildman–Crippen LogP) is -1.37. The molecule has 8 nitrogen and oxygen atoms in total. The molecule has 0 amide bonds. The third-order valence-corrected chi connectivity index (χ3v) is 2.31. The van der Waals surface area contributed by atoms with Crippen LogP contribution >= 0.6 is 0 Å². The second kappa shape index (κ2) is 3.59. The third kappa shape index (κ3) is 2.25. The highest BCUT2D eigenvalue weighted by Crippen LogP contribution is 2.12. The zero-order valence-electron chi connectivity index (χ0n) is 8.04. The molecule has 0 radical (unpaired) electrons. The highest BCUT2D eigenvalue weighted by Gasteiger charge is 2.31. The molecule has 0 spiro atoms. The average molecular weight is 224 g/mol. The largest absolute Gasteiger partial charge is 0.491 e. The Balaban J connectivity index is 2.89. The first kappa shape index (κ1) is 11.0. The van der Waals surface area contributed by atoms with E-state index in [1.54, 1.807) is 25.9 Å². The lowest BCUT2D eigenvalue weighted by Gasteiger charge is -2.32. The summed E-state index contributed by atoms with van der Waals surface area (Å²) in [4.78, 5) is 1.70. The van der Waals surface area contributed by atoms with Gasteiger partial charge in [0.2, 0.25) is 0 Å². The van der Waals surface area contributed by atoms with Crippen LogP contribution in [0, 0.1) is 0 Å². The SMILES string of the molecule is CC(N(C)C)N1OS(=O)(=O)ON=C1N. The summed E-state index contributed by atoms with van der Waals surface area (Å²) in [5, 5.41) is 4.09. The highest BCUT2D eigenvalue weighted by atomic mass is 32.3. The first-order chi connectivity index (χ1) is 6.33.